The van der Waals surface area contributed by atoms with E-state index in [4.69, 9.17) is 9.47 Å². The van der Waals surface area contributed by atoms with E-state index < -0.39 is 10.0 Å². The van der Waals surface area contributed by atoms with Crippen LogP contribution in [0.15, 0.2) is 42.5 Å². The van der Waals surface area contributed by atoms with Crippen LogP contribution in [0.25, 0.3) is 0 Å². The van der Waals surface area contributed by atoms with Gasteiger partial charge in [0.25, 0.3) is 0 Å². The maximum absolute atomic E-state index is 13.0. The standard InChI is InChI=1S/C21H25FN2O5S/c1-15(16-5-7-17(22)8-6-16)23-21(25)4-3-11-24(30(2,26)27)18-9-10-19-20(14-18)29-13-12-28-19/h5-10,14-15H,3-4,11-13H2,1-2H3,(H,23,25)/t15-/m0/s1. The van der Waals surface area contributed by atoms with Gasteiger partial charge in [0, 0.05) is 19.0 Å². The fourth-order valence-corrected chi connectivity index (χ4v) is 4.16. The lowest BCUT2D eigenvalue weighted by molar-refractivity contribution is -0.121. The maximum atomic E-state index is 13.0. The third-order valence-corrected chi connectivity index (χ3v) is 5.92. The molecule has 1 aliphatic rings. The Morgan fingerprint density at radius 2 is 1.80 bits per heavy atom. The molecule has 0 saturated carbocycles. The van der Waals surface area contributed by atoms with Crippen molar-refractivity contribution < 1.29 is 27.1 Å². The van der Waals surface area contributed by atoms with Gasteiger partial charge in [-0.1, -0.05) is 12.1 Å². The largest absolute Gasteiger partial charge is 0.486 e. The number of nitrogens with zero attached hydrogens (tertiary/aromatic N) is 1. The predicted molar refractivity (Wildman–Crippen MR) is 112 cm³/mol. The number of benzene rings is 2. The lowest BCUT2D eigenvalue weighted by Gasteiger charge is -2.25. The van der Waals surface area contributed by atoms with E-state index in [2.05, 4.69) is 5.32 Å². The van der Waals surface area contributed by atoms with Crippen LogP contribution in [0.3, 0.4) is 0 Å². The number of ether oxygens (including phenoxy) is 2. The van der Waals surface area contributed by atoms with Gasteiger partial charge in [-0.15, -0.1) is 0 Å². The summed E-state index contributed by atoms with van der Waals surface area (Å²) < 4.78 is 49.9. The number of sulfonamides is 1. The van der Waals surface area contributed by atoms with Crippen molar-refractivity contribution in [1.82, 2.24) is 5.32 Å². The van der Waals surface area contributed by atoms with Crippen molar-refractivity contribution in [3.63, 3.8) is 0 Å². The molecule has 162 valence electrons. The van der Waals surface area contributed by atoms with Gasteiger partial charge in [0.1, 0.15) is 19.0 Å². The van der Waals surface area contributed by atoms with Crippen molar-refractivity contribution in [2.75, 3.05) is 30.3 Å². The highest BCUT2D eigenvalue weighted by Crippen LogP contribution is 2.34. The summed E-state index contributed by atoms with van der Waals surface area (Å²) in [6.45, 7) is 2.81. The zero-order valence-electron chi connectivity index (χ0n) is 16.9. The number of rotatable bonds is 8. The molecule has 7 nitrogen and oxygen atoms in total. The van der Waals surface area contributed by atoms with Gasteiger partial charge in [0.2, 0.25) is 15.9 Å². The van der Waals surface area contributed by atoms with Gasteiger partial charge in [0.15, 0.2) is 11.5 Å². The Kier molecular flexibility index (Phi) is 6.81. The molecule has 3 rings (SSSR count). The van der Waals surface area contributed by atoms with E-state index in [0.29, 0.717) is 36.8 Å². The van der Waals surface area contributed by atoms with Crippen LogP contribution in [0, 0.1) is 5.82 Å². The first-order valence-electron chi connectivity index (χ1n) is 9.66. The van der Waals surface area contributed by atoms with E-state index in [-0.39, 0.29) is 30.7 Å². The third-order valence-electron chi connectivity index (χ3n) is 4.73. The minimum atomic E-state index is -3.54. The second kappa shape index (κ2) is 9.34. The first-order valence-corrected chi connectivity index (χ1v) is 11.5. The SMILES string of the molecule is C[C@H](NC(=O)CCCN(c1ccc2c(c1)OCCO2)S(C)(=O)=O)c1ccc(F)cc1. The lowest BCUT2D eigenvalue weighted by Crippen LogP contribution is -2.32. The van der Waals surface area contributed by atoms with E-state index in [1.165, 1.54) is 16.4 Å². The van der Waals surface area contributed by atoms with E-state index >= 15 is 0 Å². The number of hydrogen-bond acceptors (Lipinski definition) is 5. The average Bonchev–Trinajstić information content (AvgIpc) is 2.70. The van der Waals surface area contributed by atoms with Crippen molar-refractivity contribution in [3.8, 4) is 11.5 Å². The van der Waals surface area contributed by atoms with Crippen LogP contribution >= 0.6 is 0 Å². The molecular formula is C21H25FN2O5S. The van der Waals surface area contributed by atoms with E-state index in [1.807, 2.05) is 6.92 Å². The topological polar surface area (TPSA) is 84.9 Å². The number of anilines is 1. The van der Waals surface area contributed by atoms with Gasteiger partial charge in [0.05, 0.1) is 18.0 Å². The molecule has 2 aromatic carbocycles. The quantitative estimate of drug-likeness (QED) is 0.688. The molecule has 1 aliphatic heterocycles. The highest BCUT2D eigenvalue weighted by molar-refractivity contribution is 7.92. The molecule has 0 bridgehead atoms. The van der Waals surface area contributed by atoms with Crippen LogP contribution < -0.4 is 19.1 Å². The van der Waals surface area contributed by atoms with Crippen molar-refractivity contribution in [1.29, 1.82) is 0 Å². The number of hydrogen-bond donors (Lipinski definition) is 1. The summed E-state index contributed by atoms with van der Waals surface area (Å²) in [5.74, 6) is 0.533. The summed E-state index contributed by atoms with van der Waals surface area (Å²) in [5.41, 5.74) is 1.25. The van der Waals surface area contributed by atoms with Gasteiger partial charge >= 0.3 is 0 Å². The molecule has 0 aliphatic carbocycles. The maximum Gasteiger partial charge on any atom is 0.232 e. The van der Waals surface area contributed by atoms with Crippen LogP contribution in [0.2, 0.25) is 0 Å². The Labute approximate surface area is 175 Å². The highest BCUT2D eigenvalue weighted by Gasteiger charge is 2.21. The van der Waals surface area contributed by atoms with Gasteiger partial charge in [-0.2, -0.15) is 0 Å². The first-order chi connectivity index (χ1) is 14.2. The van der Waals surface area contributed by atoms with Crippen LogP contribution in [-0.4, -0.2) is 40.3 Å². The molecule has 0 saturated heterocycles. The van der Waals surface area contributed by atoms with Crippen LogP contribution in [0.5, 0.6) is 11.5 Å². The number of carbonyl (C=O) groups is 1. The van der Waals surface area contributed by atoms with Gasteiger partial charge in [-0.25, -0.2) is 12.8 Å². The number of carbonyl (C=O) groups excluding carboxylic acids is 1. The zero-order valence-corrected chi connectivity index (χ0v) is 17.7. The Hall–Kier alpha value is -2.81. The highest BCUT2D eigenvalue weighted by atomic mass is 32.2. The molecule has 0 aromatic heterocycles. The second-order valence-electron chi connectivity index (χ2n) is 7.11. The number of halogens is 1. The van der Waals surface area contributed by atoms with Crippen molar-refractivity contribution in [3.05, 3.63) is 53.8 Å². The normalized spacial score (nSPS) is 14.1. The molecule has 1 amide bonds. The molecule has 1 atom stereocenters. The molecule has 1 heterocycles. The number of nitrogens with one attached hydrogen (secondary N) is 1. The van der Waals surface area contributed by atoms with Gasteiger partial charge in [-0.3, -0.25) is 9.10 Å². The van der Waals surface area contributed by atoms with Crippen LogP contribution in [0.4, 0.5) is 10.1 Å². The van der Waals surface area contributed by atoms with Crippen molar-refractivity contribution in [2.24, 2.45) is 0 Å². The van der Waals surface area contributed by atoms with E-state index in [9.17, 15) is 17.6 Å². The Morgan fingerprint density at radius 3 is 2.47 bits per heavy atom. The summed E-state index contributed by atoms with van der Waals surface area (Å²) in [4.78, 5) is 12.3. The van der Waals surface area contributed by atoms with Crippen LogP contribution in [0.1, 0.15) is 31.4 Å². The number of fused-ring (bicyclic) bond motifs is 1. The molecular weight excluding hydrogens is 411 g/mol. The fourth-order valence-electron chi connectivity index (χ4n) is 3.21. The van der Waals surface area contributed by atoms with Crippen LogP contribution in [-0.2, 0) is 14.8 Å². The molecule has 1 N–H and O–H groups in total. The first kappa shape index (κ1) is 21.9. The van der Waals surface area contributed by atoms with Gasteiger partial charge < -0.3 is 14.8 Å². The monoisotopic (exact) mass is 436 g/mol. The zero-order chi connectivity index (χ0) is 21.7. The summed E-state index contributed by atoms with van der Waals surface area (Å²) >= 11 is 0. The predicted octanol–water partition coefficient (Wildman–Crippen LogP) is 3.02. The third kappa shape index (κ3) is 5.63. The smallest absolute Gasteiger partial charge is 0.232 e. The number of amides is 1. The molecule has 0 spiro atoms. The summed E-state index contributed by atoms with van der Waals surface area (Å²) in [5, 5.41) is 2.84. The molecule has 0 unspecified atom stereocenters. The minimum absolute atomic E-state index is 0.150. The molecule has 2 aromatic rings. The molecule has 0 radical (unpaired) electrons. The van der Waals surface area contributed by atoms with Crippen molar-refractivity contribution >= 4 is 21.6 Å². The Bertz CT molecular complexity index is 995. The second-order valence-corrected chi connectivity index (χ2v) is 9.01. The minimum Gasteiger partial charge on any atom is -0.486 e. The summed E-state index contributed by atoms with van der Waals surface area (Å²) in [6.07, 6.45) is 1.62. The Morgan fingerprint density at radius 1 is 1.13 bits per heavy atom. The lowest BCUT2D eigenvalue weighted by atomic mass is 10.1. The molecule has 0 fully saturated rings. The molecule has 9 heteroatoms. The van der Waals surface area contributed by atoms with Crippen molar-refractivity contribution in [2.45, 2.75) is 25.8 Å². The van der Waals surface area contributed by atoms with E-state index in [0.717, 1.165) is 11.8 Å². The van der Waals surface area contributed by atoms with E-state index in [1.54, 1.807) is 30.3 Å². The van der Waals surface area contributed by atoms with Gasteiger partial charge in [-0.05, 0) is 43.2 Å². The average molecular weight is 437 g/mol. The summed E-state index contributed by atoms with van der Waals surface area (Å²) in [7, 11) is -3.54. The molecule has 30 heavy (non-hydrogen) atoms. The Balaban J connectivity index is 1.59. The fraction of sp³-hybridized carbons (Fsp3) is 0.381. The summed E-state index contributed by atoms with van der Waals surface area (Å²) in [6, 6.07) is 10.6.